The fourth-order valence-electron chi connectivity index (χ4n) is 2.03. The van der Waals surface area contributed by atoms with Crippen molar-refractivity contribution in [1.82, 2.24) is 24.9 Å². The van der Waals surface area contributed by atoms with Crippen molar-refractivity contribution in [3.63, 3.8) is 0 Å². The van der Waals surface area contributed by atoms with E-state index in [0.717, 1.165) is 6.33 Å². The van der Waals surface area contributed by atoms with Gasteiger partial charge in [-0.1, -0.05) is 18.2 Å². The van der Waals surface area contributed by atoms with E-state index in [2.05, 4.69) is 25.8 Å². The second kappa shape index (κ2) is 7.70. The molecule has 0 aliphatic carbocycles. The number of rotatable bonds is 7. The molecule has 0 aliphatic rings. The van der Waals surface area contributed by atoms with Gasteiger partial charge < -0.3 is 4.74 Å². The van der Waals surface area contributed by atoms with Crippen LogP contribution in [0.15, 0.2) is 55.4 Å². The van der Waals surface area contributed by atoms with E-state index in [1.165, 1.54) is 23.3 Å². The number of ether oxygens (including phenoxy) is 1. The van der Waals surface area contributed by atoms with Crippen LogP contribution >= 0.6 is 0 Å². The minimum atomic E-state index is -0.649. The van der Waals surface area contributed by atoms with E-state index in [-0.39, 0.29) is 18.2 Å². The first-order valence-corrected chi connectivity index (χ1v) is 7.35. The number of hydrogen-bond donors (Lipinski definition) is 2. The molecule has 11 heteroatoms. The number of hydrazine groups is 1. The van der Waals surface area contributed by atoms with Crippen LogP contribution in [0.25, 0.3) is 5.82 Å². The van der Waals surface area contributed by atoms with Gasteiger partial charge in [-0.3, -0.25) is 30.3 Å². The number of hydrogen-bond acceptors (Lipinski definition) is 8. The molecule has 0 atom stereocenters. The Labute approximate surface area is 146 Å². The smallest absolute Gasteiger partial charge is 0.355 e. The monoisotopic (exact) mass is 355 g/mol. The molecular weight excluding hydrogens is 342 g/mol. The SMILES string of the molecule is O=C(COc1ccccc1)NNc1ncnc(-n2ccnc2)c1[N+](=O)[O-]. The molecular formula is C15H13N7O4. The topological polar surface area (TPSA) is 137 Å². The molecule has 11 nitrogen and oxygen atoms in total. The lowest BCUT2D eigenvalue weighted by Crippen LogP contribution is -2.34. The van der Waals surface area contributed by atoms with E-state index in [4.69, 9.17) is 4.74 Å². The summed E-state index contributed by atoms with van der Waals surface area (Å²) >= 11 is 0. The molecule has 0 spiro atoms. The Hall–Kier alpha value is -4.02. The molecule has 2 aromatic heterocycles. The molecule has 0 aliphatic heterocycles. The van der Waals surface area contributed by atoms with Crippen molar-refractivity contribution < 1.29 is 14.5 Å². The van der Waals surface area contributed by atoms with Crippen LogP contribution in [-0.2, 0) is 4.79 Å². The molecule has 132 valence electrons. The number of amides is 1. The van der Waals surface area contributed by atoms with Crippen LogP contribution in [0.5, 0.6) is 5.75 Å². The first-order chi connectivity index (χ1) is 12.6. The average Bonchev–Trinajstić information content (AvgIpc) is 3.19. The molecule has 3 rings (SSSR count). The Bertz CT molecular complexity index is 900. The Balaban J connectivity index is 1.69. The van der Waals surface area contributed by atoms with Crippen LogP contribution in [0.1, 0.15) is 0 Å². The minimum absolute atomic E-state index is 0.0137. The number of nitro groups is 1. The van der Waals surface area contributed by atoms with Gasteiger partial charge >= 0.3 is 5.69 Å². The minimum Gasteiger partial charge on any atom is -0.484 e. The van der Waals surface area contributed by atoms with Crippen LogP contribution in [-0.4, -0.2) is 37.0 Å². The molecule has 0 unspecified atom stereocenters. The van der Waals surface area contributed by atoms with Crippen molar-refractivity contribution in [1.29, 1.82) is 0 Å². The lowest BCUT2D eigenvalue weighted by molar-refractivity contribution is -0.384. The predicted octanol–water partition coefficient (Wildman–Crippen LogP) is 1.09. The third kappa shape index (κ3) is 3.90. The van der Waals surface area contributed by atoms with Gasteiger partial charge in [-0.15, -0.1) is 0 Å². The van der Waals surface area contributed by atoms with Crippen molar-refractivity contribution in [2.24, 2.45) is 0 Å². The van der Waals surface area contributed by atoms with Gasteiger partial charge in [0.2, 0.25) is 11.6 Å². The summed E-state index contributed by atoms with van der Waals surface area (Å²) in [7, 11) is 0. The average molecular weight is 355 g/mol. The Morgan fingerprint density at radius 1 is 1.27 bits per heavy atom. The van der Waals surface area contributed by atoms with Gasteiger partial charge in [-0.05, 0) is 12.1 Å². The highest BCUT2D eigenvalue weighted by atomic mass is 16.6. The zero-order valence-electron chi connectivity index (χ0n) is 13.3. The van der Waals surface area contributed by atoms with Crippen molar-refractivity contribution in [3.05, 3.63) is 65.5 Å². The molecule has 0 bridgehead atoms. The number of imidazole rings is 1. The van der Waals surface area contributed by atoms with Crippen molar-refractivity contribution >= 4 is 17.4 Å². The Morgan fingerprint density at radius 3 is 2.77 bits per heavy atom. The van der Waals surface area contributed by atoms with E-state index in [0.29, 0.717) is 5.75 Å². The number of carbonyl (C=O) groups excluding carboxylic acids is 1. The standard InChI is InChI=1S/C15H13N7O4/c23-12(8-26-11-4-2-1-3-5-11)19-20-14-13(22(24)25)15(18-9-17-14)21-7-6-16-10-21/h1-7,9-10H,8H2,(H,19,23)(H,17,18,20). The molecule has 1 amide bonds. The summed E-state index contributed by atoms with van der Waals surface area (Å²) in [6.07, 6.45) is 5.47. The quantitative estimate of drug-likeness (QED) is 0.474. The highest BCUT2D eigenvalue weighted by Gasteiger charge is 2.24. The number of anilines is 1. The van der Waals surface area contributed by atoms with Gasteiger partial charge in [0.25, 0.3) is 5.91 Å². The summed E-state index contributed by atoms with van der Waals surface area (Å²) in [5.41, 5.74) is 4.32. The summed E-state index contributed by atoms with van der Waals surface area (Å²) < 4.78 is 6.65. The highest BCUT2D eigenvalue weighted by Crippen LogP contribution is 2.26. The molecule has 0 saturated heterocycles. The highest BCUT2D eigenvalue weighted by molar-refractivity contribution is 5.79. The Morgan fingerprint density at radius 2 is 2.08 bits per heavy atom. The number of para-hydroxylation sites is 1. The summed E-state index contributed by atoms with van der Waals surface area (Å²) in [5, 5.41) is 11.4. The first kappa shape index (κ1) is 16.8. The first-order valence-electron chi connectivity index (χ1n) is 7.35. The lowest BCUT2D eigenvalue weighted by atomic mass is 10.3. The number of nitrogens with one attached hydrogen (secondary N) is 2. The van der Waals surface area contributed by atoms with Gasteiger partial charge in [0.05, 0.1) is 4.92 Å². The van der Waals surface area contributed by atoms with E-state index < -0.39 is 16.5 Å². The van der Waals surface area contributed by atoms with Crippen molar-refractivity contribution in [2.75, 3.05) is 12.0 Å². The van der Waals surface area contributed by atoms with Gasteiger partial charge in [-0.2, -0.15) is 0 Å². The largest absolute Gasteiger partial charge is 0.484 e. The molecule has 0 saturated carbocycles. The maximum Gasteiger partial charge on any atom is 0.355 e. The maximum atomic E-state index is 11.9. The van der Waals surface area contributed by atoms with Gasteiger partial charge in [0, 0.05) is 12.4 Å². The predicted molar refractivity (Wildman–Crippen MR) is 89.5 cm³/mol. The second-order valence-electron chi connectivity index (χ2n) is 4.90. The Kier molecular flexibility index (Phi) is 4.98. The van der Waals surface area contributed by atoms with Crippen molar-refractivity contribution in [2.45, 2.75) is 0 Å². The number of nitrogens with zero attached hydrogens (tertiary/aromatic N) is 5. The molecule has 2 N–H and O–H groups in total. The number of carbonyl (C=O) groups is 1. The van der Waals surface area contributed by atoms with Crippen LogP contribution in [0.3, 0.4) is 0 Å². The molecule has 3 aromatic rings. The van der Waals surface area contributed by atoms with Crippen LogP contribution < -0.4 is 15.6 Å². The van der Waals surface area contributed by atoms with Crippen molar-refractivity contribution in [3.8, 4) is 11.6 Å². The van der Waals surface area contributed by atoms with Gasteiger partial charge in [0.15, 0.2) is 6.61 Å². The number of aromatic nitrogens is 4. The summed E-state index contributed by atoms with van der Waals surface area (Å²) in [6, 6.07) is 8.77. The summed E-state index contributed by atoms with van der Waals surface area (Å²) in [4.78, 5) is 34.2. The second-order valence-corrected chi connectivity index (χ2v) is 4.90. The van der Waals surface area contributed by atoms with E-state index >= 15 is 0 Å². The summed E-state index contributed by atoms with van der Waals surface area (Å²) in [6.45, 7) is -0.274. The van der Waals surface area contributed by atoms with Crippen LogP contribution in [0, 0.1) is 10.1 Å². The molecule has 0 radical (unpaired) electrons. The van der Waals surface area contributed by atoms with E-state index in [1.54, 1.807) is 24.3 Å². The molecule has 26 heavy (non-hydrogen) atoms. The summed E-state index contributed by atoms with van der Waals surface area (Å²) in [5.74, 6) is -0.162. The number of benzene rings is 1. The van der Waals surface area contributed by atoms with Gasteiger partial charge in [0.1, 0.15) is 18.4 Å². The molecule has 1 aromatic carbocycles. The fourth-order valence-corrected chi connectivity index (χ4v) is 2.03. The third-order valence-electron chi connectivity index (χ3n) is 3.17. The third-order valence-corrected chi connectivity index (χ3v) is 3.17. The zero-order valence-corrected chi connectivity index (χ0v) is 13.3. The zero-order chi connectivity index (χ0) is 18.4. The lowest BCUT2D eigenvalue weighted by Gasteiger charge is -2.10. The van der Waals surface area contributed by atoms with E-state index in [9.17, 15) is 14.9 Å². The molecule has 0 fully saturated rings. The molecule has 2 heterocycles. The maximum absolute atomic E-state index is 11.9. The van der Waals surface area contributed by atoms with Crippen LogP contribution in [0.4, 0.5) is 11.5 Å². The normalized spacial score (nSPS) is 10.2. The van der Waals surface area contributed by atoms with Crippen LogP contribution in [0.2, 0.25) is 0 Å². The fraction of sp³-hybridized carbons (Fsp3) is 0.0667. The van der Waals surface area contributed by atoms with Gasteiger partial charge in [-0.25, -0.2) is 15.0 Å². The van der Waals surface area contributed by atoms with E-state index in [1.807, 2.05) is 6.07 Å².